The van der Waals surface area contributed by atoms with Crippen LogP contribution in [0.15, 0.2) is 48.5 Å². The monoisotopic (exact) mass is 368 g/mol. The van der Waals surface area contributed by atoms with E-state index in [1.807, 2.05) is 48.5 Å². The number of fused-ring (bicyclic) bond motifs is 3. The van der Waals surface area contributed by atoms with Crippen LogP contribution in [0, 0.1) is 0 Å². The molecule has 1 N–H and O–H groups in total. The first kappa shape index (κ1) is 17.0. The fourth-order valence-electron chi connectivity index (χ4n) is 3.48. The second kappa shape index (κ2) is 7.03. The second-order valence-corrected chi connectivity index (χ2v) is 7.50. The normalized spacial score (nSPS) is 20.7. The van der Waals surface area contributed by atoms with Gasteiger partial charge in [-0.25, -0.2) is 0 Å². The first-order chi connectivity index (χ1) is 12.7. The Labute approximate surface area is 156 Å². The summed E-state index contributed by atoms with van der Waals surface area (Å²) in [5.41, 5.74) is 2.88. The third-order valence-electron chi connectivity index (χ3n) is 4.87. The summed E-state index contributed by atoms with van der Waals surface area (Å²) in [5, 5.41) is 2.95. The van der Waals surface area contributed by atoms with E-state index in [0.717, 1.165) is 28.9 Å². The first-order valence-corrected chi connectivity index (χ1v) is 9.68. The molecule has 2 aliphatic heterocycles. The highest BCUT2D eigenvalue weighted by atomic mass is 32.2. The minimum atomic E-state index is -0.402. The molecule has 0 aliphatic carbocycles. The second-order valence-electron chi connectivity index (χ2n) is 6.39. The van der Waals surface area contributed by atoms with Gasteiger partial charge in [-0.2, -0.15) is 0 Å². The van der Waals surface area contributed by atoms with Gasteiger partial charge in [0.05, 0.1) is 7.11 Å². The number of rotatable bonds is 5. The third-order valence-corrected chi connectivity index (χ3v) is 6.17. The molecular weight excluding hydrogens is 348 g/mol. The molecule has 2 aliphatic rings. The van der Waals surface area contributed by atoms with E-state index in [9.17, 15) is 9.59 Å². The van der Waals surface area contributed by atoms with Crippen LogP contribution in [0.4, 0.5) is 0 Å². The van der Waals surface area contributed by atoms with Crippen LogP contribution in [0.2, 0.25) is 0 Å². The van der Waals surface area contributed by atoms with Crippen molar-refractivity contribution in [3.8, 4) is 5.75 Å². The van der Waals surface area contributed by atoms with Gasteiger partial charge in [0.2, 0.25) is 5.91 Å². The number of carbonyl (C=O) groups excluding carboxylic acids is 2. The Morgan fingerprint density at radius 3 is 2.77 bits per heavy atom. The minimum Gasteiger partial charge on any atom is -0.497 e. The van der Waals surface area contributed by atoms with Crippen LogP contribution in [-0.2, 0) is 11.2 Å². The van der Waals surface area contributed by atoms with E-state index < -0.39 is 6.04 Å². The Morgan fingerprint density at radius 1 is 1.23 bits per heavy atom. The maximum Gasteiger partial charge on any atom is 0.256 e. The number of ether oxygens (including phenoxy) is 1. The van der Waals surface area contributed by atoms with Crippen LogP contribution in [-0.4, -0.2) is 42.2 Å². The third kappa shape index (κ3) is 2.94. The summed E-state index contributed by atoms with van der Waals surface area (Å²) in [6, 6.07) is 15.0. The highest BCUT2D eigenvalue weighted by molar-refractivity contribution is 7.99. The standard InChI is InChI=1S/C20H20N2O3S/c1-25-14-8-6-13(7-9-14)10-11-21-18(23)17-12-26-20-16-5-3-2-4-15(16)19(24)22(17)20/h2-9,17,20H,10-12H2,1H3,(H,21,23)/t17-,20+/m1/s1. The summed E-state index contributed by atoms with van der Waals surface area (Å²) in [5.74, 6) is 1.35. The molecule has 2 amide bonds. The van der Waals surface area contributed by atoms with Gasteiger partial charge in [0, 0.05) is 17.9 Å². The van der Waals surface area contributed by atoms with Crippen molar-refractivity contribution in [1.82, 2.24) is 10.2 Å². The summed E-state index contributed by atoms with van der Waals surface area (Å²) < 4.78 is 5.15. The molecule has 4 rings (SSSR count). The van der Waals surface area contributed by atoms with Gasteiger partial charge in [-0.1, -0.05) is 30.3 Å². The molecule has 2 atom stereocenters. The van der Waals surface area contributed by atoms with Crippen molar-refractivity contribution >= 4 is 23.6 Å². The van der Waals surface area contributed by atoms with Crippen molar-refractivity contribution in [2.24, 2.45) is 0 Å². The Balaban J connectivity index is 1.36. The molecule has 0 radical (unpaired) electrons. The Morgan fingerprint density at radius 2 is 2.00 bits per heavy atom. The van der Waals surface area contributed by atoms with Gasteiger partial charge < -0.3 is 15.0 Å². The van der Waals surface area contributed by atoms with Gasteiger partial charge in [-0.05, 0) is 35.7 Å². The summed E-state index contributed by atoms with van der Waals surface area (Å²) in [6.07, 6.45) is 0.743. The van der Waals surface area contributed by atoms with Crippen LogP contribution < -0.4 is 10.1 Å². The lowest BCUT2D eigenvalue weighted by molar-refractivity contribution is -0.124. The number of carbonyl (C=O) groups is 2. The van der Waals surface area contributed by atoms with Crippen molar-refractivity contribution in [2.45, 2.75) is 17.8 Å². The molecule has 2 aromatic rings. The molecule has 26 heavy (non-hydrogen) atoms. The van der Waals surface area contributed by atoms with E-state index >= 15 is 0 Å². The average Bonchev–Trinajstić information content (AvgIpc) is 3.23. The zero-order chi connectivity index (χ0) is 18.1. The molecule has 1 fully saturated rings. The fraction of sp³-hybridized carbons (Fsp3) is 0.300. The number of amides is 2. The van der Waals surface area contributed by atoms with Crippen molar-refractivity contribution in [3.05, 3.63) is 65.2 Å². The van der Waals surface area contributed by atoms with E-state index in [4.69, 9.17) is 4.74 Å². The van der Waals surface area contributed by atoms with Crippen LogP contribution in [0.1, 0.15) is 26.9 Å². The predicted octanol–water partition coefficient (Wildman–Crippen LogP) is 2.62. The van der Waals surface area contributed by atoms with Gasteiger partial charge in [0.15, 0.2) is 0 Å². The summed E-state index contributed by atoms with van der Waals surface area (Å²) in [4.78, 5) is 27.0. The van der Waals surface area contributed by atoms with E-state index in [-0.39, 0.29) is 17.2 Å². The average molecular weight is 368 g/mol. The van der Waals surface area contributed by atoms with Crippen LogP contribution in [0.5, 0.6) is 5.75 Å². The molecule has 2 heterocycles. The van der Waals surface area contributed by atoms with Crippen LogP contribution >= 0.6 is 11.8 Å². The molecule has 2 aromatic carbocycles. The number of benzene rings is 2. The number of hydrogen-bond donors (Lipinski definition) is 1. The van der Waals surface area contributed by atoms with Crippen molar-refractivity contribution in [2.75, 3.05) is 19.4 Å². The van der Waals surface area contributed by atoms with Crippen LogP contribution in [0.25, 0.3) is 0 Å². The van der Waals surface area contributed by atoms with Gasteiger partial charge in [0.25, 0.3) is 5.91 Å². The van der Waals surface area contributed by atoms with Gasteiger partial charge in [-0.15, -0.1) is 11.8 Å². The van der Waals surface area contributed by atoms with Gasteiger partial charge in [-0.3, -0.25) is 9.59 Å². The van der Waals surface area contributed by atoms with Crippen LogP contribution in [0.3, 0.4) is 0 Å². The zero-order valence-corrected chi connectivity index (χ0v) is 15.3. The molecule has 6 heteroatoms. The first-order valence-electron chi connectivity index (χ1n) is 8.63. The summed E-state index contributed by atoms with van der Waals surface area (Å²) in [6.45, 7) is 0.548. The predicted molar refractivity (Wildman–Crippen MR) is 101 cm³/mol. The molecule has 0 spiro atoms. The lowest BCUT2D eigenvalue weighted by Crippen LogP contribution is -2.46. The summed E-state index contributed by atoms with van der Waals surface area (Å²) in [7, 11) is 1.64. The highest BCUT2D eigenvalue weighted by Crippen LogP contribution is 2.47. The SMILES string of the molecule is COc1ccc(CCNC(=O)[C@H]2CS[C@H]3c4ccccc4C(=O)N23)cc1. The summed E-state index contributed by atoms with van der Waals surface area (Å²) >= 11 is 1.66. The van der Waals surface area contributed by atoms with E-state index in [2.05, 4.69) is 5.32 Å². The molecule has 0 aromatic heterocycles. The molecule has 0 bridgehead atoms. The number of nitrogens with one attached hydrogen (secondary N) is 1. The lowest BCUT2D eigenvalue weighted by Gasteiger charge is -2.22. The topological polar surface area (TPSA) is 58.6 Å². The maximum atomic E-state index is 12.7. The fourth-order valence-corrected chi connectivity index (χ4v) is 4.95. The Bertz CT molecular complexity index is 837. The maximum absolute atomic E-state index is 12.7. The molecule has 0 unspecified atom stereocenters. The van der Waals surface area contributed by atoms with Crippen molar-refractivity contribution in [3.63, 3.8) is 0 Å². The minimum absolute atomic E-state index is 0.0314. The van der Waals surface area contributed by atoms with E-state index in [0.29, 0.717) is 12.3 Å². The molecule has 134 valence electrons. The van der Waals surface area contributed by atoms with E-state index in [1.54, 1.807) is 23.8 Å². The Hall–Kier alpha value is -2.47. The zero-order valence-electron chi connectivity index (χ0n) is 14.5. The molecule has 5 nitrogen and oxygen atoms in total. The smallest absolute Gasteiger partial charge is 0.256 e. The molecule has 0 saturated carbocycles. The number of nitrogens with zero attached hydrogens (tertiary/aromatic N) is 1. The number of hydrogen-bond acceptors (Lipinski definition) is 4. The number of methoxy groups -OCH3 is 1. The van der Waals surface area contributed by atoms with Gasteiger partial charge in [0.1, 0.15) is 17.2 Å². The van der Waals surface area contributed by atoms with Gasteiger partial charge >= 0.3 is 0 Å². The molecule has 1 saturated heterocycles. The van der Waals surface area contributed by atoms with Crippen molar-refractivity contribution < 1.29 is 14.3 Å². The largest absolute Gasteiger partial charge is 0.497 e. The molecular formula is C20H20N2O3S. The van der Waals surface area contributed by atoms with E-state index in [1.165, 1.54) is 0 Å². The lowest BCUT2D eigenvalue weighted by atomic mass is 10.1. The Kier molecular flexibility index (Phi) is 4.59. The number of thioether (sulfide) groups is 1. The highest BCUT2D eigenvalue weighted by Gasteiger charge is 2.48. The van der Waals surface area contributed by atoms with Crippen molar-refractivity contribution in [1.29, 1.82) is 0 Å². The quantitative estimate of drug-likeness (QED) is 0.881.